The number of carbonyl (C=O) groups excluding carboxylic acids is 1. The van der Waals surface area contributed by atoms with Crippen LogP contribution >= 0.6 is 35.0 Å². The summed E-state index contributed by atoms with van der Waals surface area (Å²) in [7, 11) is 1.86. The predicted octanol–water partition coefficient (Wildman–Crippen LogP) is 2.19. The molecule has 3 nitrogen and oxygen atoms in total. The fourth-order valence-electron chi connectivity index (χ4n) is 1.21. The summed E-state index contributed by atoms with van der Waals surface area (Å²) in [6, 6.07) is 4.48. The fraction of sp³-hybridized carbons (Fsp3) is 0.364. The number of hydrogen-bond acceptors (Lipinski definition) is 2. The molecule has 1 amide bonds. The van der Waals surface area contributed by atoms with E-state index in [1.165, 1.54) is 6.07 Å². The molecular weight excluding hydrogens is 357 g/mol. The number of carbonyl (C=O) groups is 1. The molecule has 0 bridgehead atoms. The Morgan fingerprint density at radius 2 is 2.12 bits per heavy atom. The molecule has 0 aliphatic rings. The molecular formula is C11H15ClFIN2O. The fourth-order valence-corrected chi connectivity index (χ4v) is 1.54. The van der Waals surface area contributed by atoms with Crippen molar-refractivity contribution >= 4 is 40.9 Å². The first-order chi connectivity index (χ1) is 7.65. The van der Waals surface area contributed by atoms with E-state index in [1.54, 1.807) is 12.1 Å². The van der Waals surface area contributed by atoms with Gasteiger partial charge < -0.3 is 10.6 Å². The summed E-state index contributed by atoms with van der Waals surface area (Å²) in [6.45, 7) is 1.44. The van der Waals surface area contributed by atoms with E-state index in [1.807, 2.05) is 29.6 Å². The Bertz CT molecular complexity index is 376. The van der Waals surface area contributed by atoms with Crippen LogP contribution < -0.4 is 10.6 Å². The van der Waals surface area contributed by atoms with Gasteiger partial charge in [-0.1, -0.05) is 0 Å². The average Bonchev–Trinajstić information content (AvgIpc) is 2.28. The zero-order chi connectivity index (χ0) is 12.0. The maximum Gasteiger partial charge on any atom is 0.251 e. The minimum Gasteiger partial charge on any atom is -0.352 e. The third kappa shape index (κ3) is 5.65. The minimum absolute atomic E-state index is 0. The van der Waals surface area contributed by atoms with Gasteiger partial charge in [-0.15, -0.1) is 12.4 Å². The van der Waals surface area contributed by atoms with Gasteiger partial charge in [-0.2, -0.15) is 0 Å². The Morgan fingerprint density at radius 3 is 2.71 bits per heavy atom. The lowest BCUT2D eigenvalue weighted by Gasteiger charge is -2.05. The Labute approximate surface area is 120 Å². The topological polar surface area (TPSA) is 41.1 Å². The molecule has 0 fully saturated rings. The van der Waals surface area contributed by atoms with Crippen molar-refractivity contribution < 1.29 is 9.18 Å². The highest BCUT2D eigenvalue weighted by Crippen LogP contribution is 2.12. The van der Waals surface area contributed by atoms with Gasteiger partial charge in [-0.3, -0.25) is 4.79 Å². The normalized spacial score (nSPS) is 9.59. The van der Waals surface area contributed by atoms with Crippen LogP contribution in [0.15, 0.2) is 18.2 Å². The van der Waals surface area contributed by atoms with Gasteiger partial charge in [0, 0.05) is 15.7 Å². The standard InChI is InChI=1S/C11H14FIN2O.ClH/c1-14-5-2-6-15-11(16)8-3-4-10(13)9(12)7-8;/h3-4,7,14H,2,5-6H2,1H3,(H,15,16);1H. The van der Waals surface area contributed by atoms with E-state index in [0.717, 1.165) is 13.0 Å². The van der Waals surface area contributed by atoms with E-state index < -0.39 is 0 Å². The highest BCUT2D eigenvalue weighted by molar-refractivity contribution is 14.1. The molecule has 6 heteroatoms. The summed E-state index contributed by atoms with van der Waals surface area (Å²) in [5, 5.41) is 5.72. The molecule has 1 aromatic carbocycles. The van der Waals surface area contributed by atoms with Crippen LogP contribution in [0.25, 0.3) is 0 Å². The molecule has 0 heterocycles. The molecule has 1 rings (SSSR count). The van der Waals surface area contributed by atoms with E-state index in [0.29, 0.717) is 15.7 Å². The van der Waals surface area contributed by atoms with Crippen LogP contribution in [0.2, 0.25) is 0 Å². The molecule has 0 atom stereocenters. The molecule has 0 saturated heterocycles. The molecule has 0 aliphatic carbocycles. The van der Waals surface area contributed by atoms with E-state index >= 15 is 0 Å². The van der Waals surface area contributed by atoms with Crippen LogP contribution in [0.4, 0.5) is 4.39 Å². The summed E-state index contributed by atoms with van der Waals surface area (Å²) in [5.74, 6) is -0.588. The van der Waals surface area contributed by atoms with Crippen molar-refractivity contribution in [2.75, 3.05) is 20.1 Å². The maximum absolute atomic E-state index is 13.2. The van der Waals surface area contributed by atoms with Gasteiger partial charge >= 0.3 is 0 Å². The van der Waals surface area contributed by atoms with Gasteiger partial charge in [0.05, 0.1) is 0 Å². The smallest absolute Gasteiger partial charge is 0.251 e. The molecule has 0 aromatic heterocycles. The van der Waals surface area contributed by atoms with E-state index in [-0.39, 0.29) is 24.1 Å². The summed E-state index contributed by atoms with van der Waals surface area (Å²) >= 11 is 1.89. The first-order valence-corrected chi connectivity index (χ1v) is 6.11. The lowest BCUT2D eigenvalue weighted by molar-refractivity contribution is 0.0953. The Hall–Kier alpha value is -0.400. The van der Waals surface area contributed by atoms with Gasteiger partial charge in [-0.25, -0.2) is 4.39 Å². The summed E-state index contributed by atoms with van der Waals surface area (Å²) < 4.78 is 13.7. The van der Waals surface area contributed by atoms with Crippen molar-refractivity contribution in [2.45, 2.75) is 6.42 Å². The van der Waals surface area contributed by atoms with E-state index in [4.69, 9.17) is 0 Å². The summed E-state index contributed by atoms with van der Waals surface area (Å²) in [4.78, 5) is 11.6. The largest absolute Gasteiger partial charge is 0.352 e. The molecule has 2 N–H and O–H groups in total. The van der Waals surface area contributed by atoms with Gasteiger partial charge in [-0.05, 0) is 60.8 Å². The quantitative estimate of drug-likeness (QED) is 0.614. The van der Waals surface area contributed by atoms with Crippen molar-refractivity contribution in [3.63, 3.8) is 0 Å². The molecule has 17 heavy (non-hydrogen) atoms. The van der Waals surface area contributed by atoms with Crippen LogP contribution in [0.5, 0.6) is 0 Å². The van der Waals surface area contributed by atoms with Crippen LogP contribution in [-0.4, -0.2) is 26.0 Å². The third-order valence-electron chi connectivity index (χ3n) is 2.07. The number of hydrogen-bond donors (Lipinski definition) is 2. The molecule has 96 valence electrons. The second kappa shape index (κ2) is 8.66. The van der Waals surface area contributed by atoms with Crippen LogP contribution in [0.1, 0.15) is 16.8 Å². The number of halogens is 3. The lowest BCUT2D eigenvalue weighted by Crippen LogP contribution is -2.26. The minimum atomic E-state index is -0.358. The SMILES string of the molecule is CNCCCNC(=O)c1ccc(I)c(F)c1.Cl. The third-order valence-corrected chi connectivity index (χ3v) is 2.95. The number of rotatable bonds is 5. The zero-order valence-electron chi connectivity index (χ0n) is 9.43. The first-order valence-electron chi connectivity index (χ1n) is 5.03. The van der Waals surface area contributed by atoms with Crippen molar-refractivity contribution in [1.29, 1.82) is 0 Å². The molecule has 0 aliphatic heterocycles. The molecule has 1 aromatic rings. The van der Waals surface area contributed by atoms with Gasteiger partial charge in [0.1, 0.15) is 5.82 Å². The van der Waals surface area contributed by atoms with E-state index in [9.17, 15) is 9.18 Å². The maximum atomic E-state index is 13.2. The number of benzene rings is 1. The second-order valence-electron chi connectivity index (χ2n) is 3.34. The van der Waals surface area contributed by atoms with Crippen molar-refractivity contribution in [2.24, 2.45) is 0 Å². The highest BCUT2D eigenvalue weighted by atomic mass is 127. The molecule has 0 saturated carbocycles. The second-order valence-corrected chi connectivity index (χ2v) is 4.50. The summed E-state index contributed by atoms with van der Waals surface area (Å²) in [5.41, 5.74) is 0.363. The van der Waals surface area contributed by atoms with Crippen LogP contribution in [0.3, 0.4) is 0 Å². The van der Waals surface area contributed by atoms with E-state index in [2.05, 4.69) is 10.6 Å². The van der Waals surface area contributed by atoms with Crippen molar-refractivity contribution in [1.82, 2.24) is 10.6 Å². The molecule has 0 unspecified atom stereocenters. The van der Waals surface area contributed by atoms with Gasteiger partial charge in [0.25, 0.3) is 5.91 Å². The van der Waals surface area contributed by atoms with Gasteiger partial charge in [0.15, 0.2) is 0 Å². The highest BCUT2D eigenvalue weighted by Gasteiger charge is 2.07. The van der Waals surface area contributed by atoms with Crippen LogP contribution in [-0.2, 0) is 0 Å². The predicted molar refractivity (Wildman–Crippen MR) is 77.2 cm³/mol. The summed E-state index contributed by atoms with van der Waals surface area (Å²) in [6.07, 6.45) is 0.856. The van der Waals surface area contributed by atoms with Crippen molar-refractivity contribution in [3.8, 4) is 0 Å². The Balaban J connectivity index is 0.00000256. The zero-order valence-corrected chi connectivity index (χ0v) is 12.4. The van der Waals surface area contributed by atoms with Gasteiger partial charge in [0.2, 0.25) is 0 Å². The Kier molecular flexibility index (Phi) is 8.45. The van der Waals surface area contributed by atoms with Crippen LogP contribution in [0, 0.1) is 9.39 Å². The molecule has 0 spiro atoms. The number of amides is 1. The average molecular weight is 373 g/mol. The number of nitrogens with one attached hydrogen (secondary N) is 2. The Morgan fingerprint density at radius 1 is 1.41 bits per heavy atom. The molecule has 0 radical (unpaired) electrons. The first kappa shape index (κ1) is 16.6. The monoisotopic (exact) mass is 372 g/mol. The lowest BCUT2D eigenvalue weighted by atomic mass is 10.2. The van der Waals surface area contributed by atoms with Crippen molar-refractivity contribution in [3.05, 3.63) is 33.1 Å².